The van der Waals surface area contributed by atoms with Gasteiger partial charge in [0.25, 0.3) is 0 Å². The van der Waals surface area contributed by atoms with Crippen LogP contribution in [0.4, 0.5) is 5.69 Å². The molecule has 0 spiro atoms. The summed E-state index contributed by atoms with van der Waals surface area (Å²) in [7, 11) is 0. The van der Waals surface area contributed by atoms with Crippen molar-refractivity contribution in [2.24, 2.45) is 0 Å². The molecule has 0 radical (unpaired) electrons. The standard InChI is InChI=1S/C19H19N3O3/c1-3-24-19(23)14-8-10-15(11-9-14)20-12-17-21-22-18(25-17)16-7-5-4-6-13(16)2/h4-11,20H,3,12H2,1-2H3. The molecule has 1 aromatic heterocycles. The molecular weight excluding hydrogens is 318 g/mol. The van der Waals surface area contributed by atoms with Crippen LogP contribution in [0.3, 0.4) is 0 Å². The van der Waals surface area contributed by atoms with Gasteiger partial charge in [0.2, 0.25) is 11.8 Å². The third-order valence-corrected chi connectivity index (χ3v) is 3.68. The maximum Gasteiger partial charge on any atom is 0.338 e. The zero-order valence-corrected chi connectivity index (χ0v) is 14.2. The molecule has 2 aromatic carbocycles. The maximum absolute atomic E-state index is 11.6. The average molecular weight is 337 g/mol. The Labute approximate surface area is 145 Å². The Kier molecular flexibility index (Phi) is 5.09. The minimum absolute atomic E-state index is 0.325. The van der Waals surface area contributed by atoms with Crippen LogP contribution in [0.25, 0.3) is 11.5 Å². The highest BCUT2D eigenvalue weighted by Gasteiger charge is 2.10. The van der Waals surface area contributed by atoms with Crippen LogP contribution in [-0.2, 0) is 11.3 Å². The van der Waals surface area contributed by atoms with Crippen molar-refractivity contribution in [1.29, 1.82) is 0 Å². The number of esters is 1. The van der Waals surface area contributed by atoms with Crippen molar-refractivity contribution >= 4 is 11.7 Å². The van der Waals surface area contributed by atoms with Crippen LogP contribution in [0.15, 0.2) is 52.9 Å². The fourth-order valence-corrected chi connectivity index (χ4v) is 2.36. The fourth-order valence-electron chi connectivity index (χ4n) is 2.36. The maximum atomic E-state index is 11.6. The van der Waals surface area contributed by atoms with Crippen LogP contribution in [-0.4, -0.2) is 22.8 Å². The molecule has 0 amide bonds. The number of carbonyl (C=O) groups excluding carboxylic acids is 1. The normalized spacial score (nSPS) is 10.5. The van der Waals surface area contributed by atoms with Crippen molar-refractivity contribution in [3.05, 3.63) is 65.5 Å². The zero-order chi connectivity index (χ0) is 17.6. The van der Waals surface area contributed by atoms with Gasteiger partial charge in [-0.1, -0.05) is 18.2 Å². The third kappa shape index (κ3) is 4.03. The lowest BCUT2D eigenvalue weighted by molar-refractivity contribution is 0.0526. The highest BCUT2D eigenvalue weighted by Crippen LogP contribution is 2.21. The molecule has 0 saturated heterocycles. The Balaban J connectivity index is 1.63. The van der Waals surface area contributed by atoms with Crippen LogP contribution >= 0.6 is 0 Å². The first-order valence-electron chi connectivity index (χ1n) is 8.07. The van der Waals surface area contributed by atoms with E-state index in [2.05, 4.69) is 15.5 Å². The molecule has 0 saturated carbocycles. The highest BCUT2D eigenvalue weighted by molar-refractivity contribution is 5.89. The van der Waals surface area contributed by atoms with Crippen molar-refractivity contribution < 1.29 is 13.9 Å². The monoisotopic (exact) mass is 337 g/mol. The van der Waals surface area contributed by atoms with Gasteiger partial charge in [-0.15, -0.1) is 10.2 Å². The van der Waals surface area contributed by atoms with Gasteiger partial charge in [-0.05, 0) is 49.7 Å². The summed E-state index contributed by atoms with van der Waals surface area (Å²) in [6.45, 7) is 4.54. The van der Waals surface area contributed by atoms with Gasteiger partial charge < -0.3 is 14.5 Å². The van der Waals surface area contributed by atoms with Gasteiger partial charge in [0, 0.05) is 11.3 Å². The van der Waals surface area contributed by atoms with E-state index in [1.807, 2.05) is 43.3 Å². The van der Waals surface area contributed by atoms with E-state index in [1.54, 1.807) is 19.1 Å². The molecule has 3 rings (SSSR count). The van der Waals surface area contributed by atoms with Crippen LogP contribution in [0.2, 0.25) is 0 Å². The molecular formula is C19H19N3O3. The van der Waals surface area contributed by atoms with Gasteiger partial charge >= 0.3 is 5.97 Å². The average Bonchev–Trinajstić information content (AvgIpc) is 3.10. The minimum Gasteiger partial charge on any atom is -0.462 e. The largest absolute Gasteiger partial charge is 0.462 e. The third-order valence-electron chi connectivity index (χ3n) is 3.68. The molecule has 6 nitrogen and oxygen atoms in total. The number of anilines is 1. The lowest BCUT2D eigenvalue weighted by Crippen LogP contribution is -2.05. The second kappa shape index (κ2) is 7.61. The van der Waals surface area contributed by atoms with E-state index in [0.29, 0.717) is 30.5 Å². The number of ether oxygens (including phenoxy) is 1. The van der Waals surface area contributed by atoms with E-state index < -0.39 is 0 Å². The lowest BCUT2D eigenvalue weighted by atomic mass is 10.1. The Morgan fingerprint density at radius 1 is 1.12 bits per heavy atom. The minimum atomic E-state index is -0.325. The van der Waals surface area contributed by atoms with Crippen molar-refractivity contribution in [3.63, 3.8) is 0 Å². The van der Waals surface area contributed by atoms with Gasteiger partial charge in [0.05, 0.1) is 18.7 Å². The number of carbonyl (C=O) groups is 1. The molecule has 0 fully saturated rings. The van der Waals surface area contributed by atoms with Gasteiger partial charge in [-0.3, -0.25) is 0 Å². The molecule has 1 heterocycles. The molecule has 25 heavy (non-hydrogen) atoms. The summed E-state index contributed by atoms with van der Waals surface area (Å²) in [6, 6.07) is 14.9. The van der Waals surface area contributed by atoms with Crippen molar-refractivity contribution in [1.82, 2.24) is 10.2 Å². The van der Waals surface area contributed by atoms with E-state index >= 15 is 0 Å². The molecule has 0 aliphatic carbocycles. The van der Waals surface area contributed by atoms with E-state index in [1.165, 1.54) is 0 Å². The number of aryl methyl sites for hydroxylation is 1. The SMILES string of the molecule is CCOC(=O)c1ccc(NCc2nnc(-c3ccccc3C)o2)cc1. The second-order valence-electron chi connectivity index (χ2n) is 5.47. The number of nitrogens with one attached hydrogen (secondary N) is 1. The van der Waals surface area contributed by atoms with Crippen LogP contribution < -0.4 is 5.32 Å². The molecule has 1 N–H and O–H groups in total. The Hall–Kier alpha value is -3.15. The Bertz CT molecular complexity index is 856. The van der Waals surface area contributed by atoms with Crippen molar-refractivity contribution in [2.75, 3.05) is 11.9 Å². The van der Waals surface area contributed by atoms with E-state index in [-0.39, 0.29) is 5.97 Å². The number of rotatable bonds is 6. The van der Waals surface area contributed by atoms with Crippen molar-refractivity contribution in [2.45, 2.75) is 20.4 Å². The first kappa shape index (κ1) is 16.7. The van der Waals surface area contributed by atoms with Gasteiger partial charge in [0.15, 0.2) is 0 Å². The first-order chi connectivity index (χ1) is 12.2. The summed E-state index contributed by atoms with van der Waals surface area (Å²) >= 11 is 0. The second-order valence-corrected chi connectivity index (χ2v) is 5.47. The molecule has 0 aliphatic heterocycles. The number of nitrogens with zero attached hydrogens (tertiary/aromatic N) is 2. The van der Waals surface area contributed by atoms with Crippen LogP contribution in [0.5, 0.6) is 0 Å². The summed E-state index contributed by atoms with van der Waals surface area (Å²) < 4.78 is 10.7. The van der Waals surface area contributed by atoms with E-state index in [0.717, 1.165) is 16.8 Å². The quantitative estimate of drug-likeness (QED) is 0.689. The molecule has 0 bridgehead atoms. The van der Waals surface area contributed by atoms with Gasteiger partial charge in [0.1, 0.15) is 0 Å². The summed E-state index contributed by atoms with van der Waals surface area (Å²) in [6.07, 6.45) is 0. The Morgan fingerprint density at radius 3 is 2.60 bits per heavy atom. The number of hydrogen-bond donors (Lipinski definition) is 1. The molecule has 128 valence electrons. The topological polar surface area (TPSA) is 77.2 Å². The number of hydrogen-bond acceptors (Lipinski definition) is 6. The Morgan fingerprint density at radius 2 is 1.88 bits per heavy atom. The number of aromatic nitrogens is 2. The smallest absolute Gasteiger partial charge is 0.338 e. The van der Waals surface area contributed by atoms with Gasteiger partial charge in [-0.25, -0.2) is 4.79 Å². The summed E-state index contributed by atoms with van der Waals surface area (Å²) in [5.74, 6) is 0.675. The summed E-state index contributed by atoms with van der Waals surface area (Å²) in [5.41, 5.74) is 3.39. The summed E-state index contributed by atoms with van der Waals surface area (Å²) in [4.78, 5) is 11.6. The van der Waals surface area contributed by atoms with Crippen LogP contribution in [0, 0.1) is 6.92 Å². The van der Waals surface area contributed by atoms with Crippen molar-refractivity contribution in [3.8, 4) is 11.5 Å². The van der Waals surface area contributed by atoms with E-state index in [9.17, 15) is 4.79 Å². The predicted octanol–water partition coefficient (Wildman–Crippen LogP) is 3.83. The predicted molar refractivity (Wildman–Crippen MR) is 94.2 cm³/mol. The zero-order valence-electron chi connectivity index (χ0n) is 14.2. The molecule has 3 aromatic rings. The molecule has 0 atom stereocenters. The van der Waals surface area contributed by atoms with Gasteiger partial charge in [-0.2, -0.15) is 0 Å². The first-order valence-corrected chi connectivity index (χ1v) is 8.07. The molecule has 6 heteroatoms. The fraction of sp³-hybridized carbons (Fsp3) is 0.211. The molecule has 0 unspecified atom stereocenters. The summed E-state index contributed by atoms with van der Waals surface area (Å²) in [5, 5.41) is 11.4. The highest BCUT2D eigenvalue weighted by atomic mass is 16.5. The lowest BCUT2D eigenvalue weighted by Gasteiger charge is -2.05. The number of benzene rings is 2. The van der Waals surface area contributed by atoms with E-state index in [4.69, 9.17) is 9.15 Å². The molecule has 0 aliphatic rings. The van der Waals surface area contributed by atoms with Crippen LogP contribution in [0.1, 0.15) is 28.7 Å².